The van der Waals surface area contributed by atoms with Crippen LogP contribution in [0, 0.1) is 11.8 Å². The van der Waals surface area contributed by atoms with Gasteiger partial charge in [-0.2, -0.15) is 0 Å². The molecule has 1 amide bonds. The molecular weight excluding hydrogens is 220 g/mol. The number of carbonyl (C=O) groups excluding carboxylic acids is 1. The molecule has 1 saturated carbocycles. The van der Waals surface area contributed by atoms with E-state index in [0.717, 1.165) is 25.7 Å². The van der Waals surface area contributed by atoms with Gasteiger partial charge >= 0.3 is 0 Å². The van der Waals surface area contributed by atoms with Crippen molar-refractivity contribution in [2.24, 2.45) is 17.6 Å². The number of nitrogens with two attached hydrogens (primary N) is 1. The number of hydrogen-bond acceptors (Lipinski definition) is 4. The van der Waals surface area contributed by atoms with Crippen molar-refractivity contribution in [2.75, 3.05) is 19.6 Å². The minimum atomic E-state index is -0.793. The lowest BCUT2D eigenvalue weighted by Gasteiger charge is -2.32. The molecule has 1 aliphatic heterocycles. The third kappa shape index (κ3) is 2.61. The van der Waals surface area contributed by atoms with Crippen molar-refractivity contribution in [2.45, 2.75) is 37.9 Å². The molecule has 0 spiro atoms. The van der Waals surface area contributed by atoms with E-state index in [9.17, 15) is 15.0 Å². The number of rotatable bonds is 2. The summed E-state index contributed by atoms with van der Waals surface area (Å²) in [7, 11) is 0. The molecule has 98 valence electrons. The molecular formula is C12H22N2O3. The zero-order chi connectivity index (χ0) is 12.4. The Kier molecular flexibility index (Phi) is 4.01. The fraction of sp³-hybridized carbons (Fsp3) is 0.917. The van der Waals surface area contributed by atoms with Gasteiger partial charge in [-0.1, -0.05) is 12.8 Å². The smallest absolute Gasteiger partial charge is 0.226 e. The number of aliphatic hydroxyl groups is 2. The Morgan fingerprint density at radius 1 is 1.18 bits per heavy atom. The fourth-order valence-electron chi connectivity index (χ4n) is 3.00. The number of likely N-dealkylation sites (tertiary alicyclic amines) is 1. The highest BCUT2D eigenvalue weighted by molar-refractivity contribution is 5.79. The Hall–Kier alpha value is -0.650. The summed E-state index contributed by atoms with van der Waals surface area (Å²) in [5.41, 5.74) is 5.72. The molecule has 2 aliphatic rings. The second kappa shape index (κ2) is 5.33. The van der Waals surface area contributed by atoms with Crippen molar-refractivity contribution in [1.82, 2.24) is 4.90 Å². The number of hydrogen-bond donors (Lipinski definition) is 3. The number of amides is 1. The van der Waals surface area contributed by atoms with Gasteiger partial charge in [0, 0.05) is 19.0 Å². The van der Waals surface area contributed by atoms with Crippen LogP contribution in [0.3, 0.4) is 0 Å². The minimum Gasteiger partial charge on any atom is -0.388 e. The third-order valence-electron chi connectivity index (χ3n) is 4.10. The van der Waals surface area contributed by atoms with Crippen molar-refractivity contribution in [3.63, 3.8) is 0 Å². The zero-order valence-corrected chi connectivity index (χ0v) is 10.1. The van der Waals surface area contributed by atoms with Crippen LogP contribution in [0.25, 0.3) is 0 Å². The highest BCUT2D eigenvalue weighted by Crippen LogP contribution is 2.31. The normalized spacial score (nSPS) is 38.4. The molecule has 0 bridgehead atoms. The quantitative estimate of drug-likeness (QED) is 0.598. The van der Waals surface area contributed by atoms with Gasteiger partial charge in [-0.3, -0.25) is 4.79 Å². The van der Waals surface area contributed by atoms with E-state index in [0.29, 0.717) is 6.54 Å². The Balaban J connectivity index is 1.99. The lowest BCUT2D eigenvalue weighted by Crippen LogP contribution is -2.41. The van der Waals surface area contributed by atoms with Crippen LogP contribution >= 0.6 is 0 Å². The van der Waals surface area contributed by atoms with Crippen LogP contribution < -0.4 is 5.73 Å². The molecule has 4 atom stereocenters. The van der Waals surface area contributed by atoms with E-state index >= 15 is 0 Å². The lowest BCUT2D eigenvalue weighted by atomic mass is 9.78. The van der Waals surface area contributed by atoms with Gasteiger partial charge in [0.1, 0.15) is 0 Å². The predicted octanol–water partition coefficient (Wildman–Crippen LogP) is -0.684. The first-order valence-electron chi connectivity index (χ1n) is 6.48. The highest BCUT2D eigenvalue weighted by Gasteiger charge is 2.38. The van der Waals surface area contributed by atoms with Crippen molar-refractivity contribution < 1.29 is 15.0 Å². The molecule has 0 radical (unpaired) electrons. The summed E-state index contributed by atoms with van der Waals surface area (Å²) in [5.74, 6) is 0.327. The Morgan fingerprint density at radius 2 is 1.76 bits per heavy atom. The summed E-state index contributed by atoms with van der Waals surface area (Å²) in [6.45, 7) is 1.07. The fourth-order valence-corrected chi connectivity index (χ4v) is 3.00. The van der Waals surface area contributed by atoms with Gasteiger partial charge < -0.3 is 20.8 Å². The van der Waals surface area contributed by atoms with Crippen molar-refractivity contribution in [3.05, 3.63) is 0 Å². The van der Waals surface area contributed by atoms with E-state index in [1.165, 1.54) is 0 Å². The van der Waals surface area contributed by atoms with Gasteiger partial charge in [-0.25, -0.2) is 0 Å². The number of carbonyl (C=O) groups is 1. The lowest BCUT2D eigenvalue weighted by molar-refractivity contribution is -0.137. The Morgan fingerprint density at radius 3 is 2.35 bits per heavy atom. The van der Waals surface area contributed by atoms with Crippen LogP contribution in [0.5, 0.6) is 0 Å². The molecule has 2 fully saturated rings. The maximum Gasteiger partial charge on any atom is 0.226 e. The number of aliphatic hydroxyl groups excluding tert-OH is 2. The predicted molar refractivity (Wildman–Crippen MR) is 63.1 cm³/mol. The molecule has 0 aromatic carbocycles. The highest BCUT2D eigenvalue weighted by atomic mass is 16.3. The molecule has 1 heterocycles. The first-order chi connectivity index (χ1) is 8.13. The van der Waals surface area contributed by atoms with E-state index < -0.39 is 12.2 Å². The van der Waals surface area contributed by atoms with Crippen LogP contribution in [-0.2, 0) is 4.79 Å². The van der Waals surface area contributed by atoms with E-state index in [1.807, 2.05) is 0 Å². The molecule has 5 nitrogen and oxygen atoms in total. The molecule has 2 rings (SSSR count). The van der Waals surface area contributed by atoms with Gasteiger partial charge in [0.05, 0.1) is 12.2 Å². The molecule has 17 heavy (non-hydrogen) atoms. The molecule has 2 unspecified atom stereocenters. The second-order valence-electron chi connectivity index (χ2n) is 5.26. The van der Waals surface area contributed by atoms with E-state index in [-0.39, 0.29) is 30.8 Å². The van der Waals surface area contributed by atoms with Gasteiger partial charge in [0.25, 0.3) is 0 Å². The molecule has 0 aromatic rings. The molecule has 1 aliphatic carbocycles. The summed E-state index contributed by atoms with van der Waals surface area (Å²) in [5, 5.41) is 18.9. The first-order valence-corrected chi connectivity index (χ1v) is 6.48. The van der Waals surface area contributed by atoms with Crippen molar-refractivity contribution in [1.29, 1.82) is 0 Å². The van der Waals surface area contributed by atoms with Crippen LogP contribution in [0.15, 0.2) is 0 Å². The van der Waals surface area contributed by atoms with Crippen LogP contribution in [0.1, 0.15) is 25.7 Å². The van der Waals surface area contributed by atoms with Crippen LogP contribution in [0.4, 0.5) is 0 Å². The Bertz CT molecular complexity index is 275. The summed E-state index contributed by atoms with van der Waals surface area (Å²) in [6.07, 6.45) is 2.55. The number of nitrogens with zero attached hydrogens (tertiary/aromatic N) is 1. The summed E-state index contributed by atoms with van der Waals surface area (Å²) < 4.78 is 0. The monoisotopic (exact) mass is 242 g/mol. The standard InChI is InChI=1S/C12H22N2O3/c13-5-8-3-1-2-4-9(8)12(17)14-6-10(15)11(16)7-14/h8-11,15-16H,1-7,13H2/t8?,9?,10-,11+. The van der Waals surface area contributed by atoms with Crippen LogP contribution in [-0.4, -0.2) is 52.9 Å². The van der Waals surface area contributed by atoms with E-state index in [2.05, 4.69) is 0 Å². The zero-order valence-electron chi connectivity index (χ0n) is 10.1. The van der Waals surface area contributed by atoms with Gasteiger partial charge in [-0.15, -0.1) is 0 Å². The van der Waals surface area contributed by atoms with Crippen molar-refractivity contribution >= 4 is 5.91 Å². The number of β-amino-alcohol motifs (C(OH)–C–C–N with tert-alkyl or cyclic N) is 2. The molecule has 5 heteroatoms. The average Bonchev–Trinajstić information content (AvgIpc) is 2.68. The van der Waals surface area contributed by atoms with E-state index in [1.54, 1.807) is 4.90 Å². The summed E-state index contributed by atoms with van der Waals surface area (Å²) in [6, 6.07) is 0. The third-order valence-corrected chi connectivity index (χ3v) is 4.10. The summed E-state index contributed by atoms with van der Waals surface area (Å²) in [4.78, 5) is 13.9. The van der Waals surface area contributed by atoms with Gasteiger partial charge in [0.2, 0.25) is 5.91 Å². The van der Waals surface area contributed by atoms with Gasteiger partial charge in [0.15, 0.2) is 0 Å². The average molecular weight is 242 g/mol. The first kappa shape index (κ1) is 12.8. The summed E-state index contributed by atoms with van der Waals surface area (Å²) >= 11 is 0. The molecule has 0 aromatic heterocycles. The SMILES string of the molecule is NCC1CCCCC1C(=O)N1C[C@@H](O)[C@@H](O)C1. The largest absolute Gasteiger partial charge is 0.388 e. The minimum absolute atomic E-state index is 0.00810. The van der Waals surface area contributed by atoms with Crippen molar-refractivity contribution in [3.8, 4) is 0 Å². The van der Waals surface area contributed by atoms with E-state index in [4.69, 9.17) is 5.73 Å². The second-order valence-corrected chi connectivity index (χ2v) is 5.26. The molecule has 1 saturated heterocycles. The Labute approximate surface area is 102 Å². The maximum atomic E-state index is 12.3. The van der Waals surface area contributed by atoms with Gasteiger partial charge in [-0.05, 0) is 25.3 Å². The topological polar surface area (TPSA) is 86.8 Å². The molecule has 4 N–H and O–H groups in total. The maximum absolute atomic E-state index is 12.3. The van der Waals surface area contributed by atoms with Crippen LogP contribution in [0.2, 0.25) is 0 Å².